The van der Waals surface area contributed by atoms with E-state index < -0.39 is 6.04 Å². The molecular formula is C9H14ClN3O2. The molecule has 5 nitrogen and oxygen atoms in total. The minimum Gasteiger partial charge on any atom is -0.385 e. The number of hydrogen-bond donors (Lipinski definition) is 1. The Morgan fingerprint density at radius 1 is 1.80 bits per heavy atom. The van der Waals surface area contributed by atoms with E-state index in [1.807, 2.05) is 0 Å². The van der Waals surface area contributed by atoms with Crippen LogP contribution in [0.25, 0.3) is 0 Å². The molecule has 15 heavy (non-hydrogen) atoms. The minimum absolute atomic E-state index is 0.211. The van der Waals surface area contributed by atoms with Crippen LogP contribution in [0.2, 0.25) is 5.02 Å². The van der Waals surface area contributed by atoms with Crippen molar-refractivity contribution < 1.29 is 9.53 Å². The Bertz CT molecular complexity index is 332. The summed E-state index contributed by atoms with van der Waals surface area (Å²) in [6.07, 6.45) is 1.90. The fourth-order valence-corrected chi connectivity index (χ4v) is 1.50. The molecule has 1 atom stereocenters. The van der Waals surface area contributed by atoms with E-state index >= 15 is 0 Å². The van der Waals surface area contributed by atoms with Gasteiger partial charge in [-0.1, -0.05) is 11.6 Å². The van der Waals surface area contributed by atoms with Crippen molar-refractivity contribution in [3.05, 3.63) is 16.9 Å². The third kappa shape index (κ3) is 2.77. The van der Waals surface area contributed by atoms with Gasteiger partial charge < -0.3 is 10.5 Å². The zero-order valence-corrected chi connectivity index (χ0v) is 9.49. The number of nitrogens with two attached hydrogens (primary N) is 1. The lowest BCUT2D eigenvalue weighted by molar-refractivity contribution is 0.0926. The number of aromatic nitrogens is 2. The number of Topliss-reactive ketones (excluding diaryl/α,β-unsaturated/α-hetero) is 1. The van der Waals surface area contributed by atoms with Crippen molar-refractivity contribution in [3.63, 3.8) is 0 Å². The van der Waals surface area contributed by atoms with Crippen LogP contribution < -0.4 is 5.73 Å². The van der Waals surface area contributed by atoms with Gasteiger partial charge in [-0.3, -0.25) is 9.48 Å². The summed E-state index contributed by atoms with van der Waals surface area (Å²) in [7, 11) is 3.22. The van der Waals surface area contributed by atoms with Gasteiger partial charge in [-0.15, -0.1) is 0 Å². The molecule has 1 rings (SSSR count). The molecule has 1 aromatic heterocycles. The van der Waals surface area contributed by atoms with Crippen molar-refractivity contribution >= 4 is 17.4 Å². The van der Waals surface area contributed by atoms with E-state index in [0.717, 1.165) is 0 Å². The van der Waals surface area contributed by atoms with Gasteiger partial charge in [0.2, 0.25) is 0 Å². The van der Waals surface area contributed by atoms with Crippen molar-refractivity contribution in [1.29, 1.82) is 0 Å². The Morgan fingerprint density at radius 3 is 2.93 bits per heavy atom. The second-order valence-corrected chi connectivity index (χ2v) is 3.62. The van der Waals surface area contributed by atoms with Gasteiger partial charge in [0.25, 0.3) is 0 Å². The second kappa shape index (κ2) is 5.25. The molecule has 0 aliphatic rings. The molecule has 0 fully saturated rings. The zero-order chi connectivity index (χ0) is 11.4. The number of methoxy groups -OCH3 is 1. The van der Waals surface area contributed by atoms with Crippen molar-refractivity contribution in [2.24, 2.45) is 12.8 Å². The van der Waals surface area contributed by atoms with Crippen LogP contribution in [-0.4, -0.2) is 35.3 Å². The van der Waals surface area contributed by atoms with Crippen molar-refractivity contribution in [1.82, 2.24) is 9.78 Å². The number of ketones is 1. The van der Waals surface area contributed by atoms with Crippen molar-refractivity contribution in [2.45, 2.75) is 12.5 Å². The van der Waals surface area contributed by atoms with Gasteiger partial charge in [0.1, 0.15) is 5.69 Å². The monoisotopic (exact) mass is 231 g/mol. The molecule has 0 spiro atoms. The number of ether oxygens (including phenoxy) is 1. The zero-order valence-electron chi connectivity index (χ0n) is 8.74. The minimum atomic E-state index is -0.599. The van der Waals surface area contributed by atoms with E-state index in [0.29, 0.717) is 23.7 Å². The van der Waals surface area contributed by atoms with E-state index in [1.54, 1.807) is 14.2 Å². The summed E-state index contributed by atoms with van der Waals surface area (Å²) in [5.41, 5.74) is 6.05. The molecule has 0 radical (unpaired) electrons. The lowest BCUT2D eigenvalue weighted by Gasteiger charge is -2.10. The molecule has 0 saturated carbocycles. The van der Waals surface area contributed by atoms with Crippen LogP contribution in [0.4, 0.5) is 0 Å². The standard InChI is InChI=1S/C9H14ClN3O2/c1-13-8(6(10)5-12-13)9(14)7(11)3-4-15-2/h5,7H,3-4,11H2,1-2H3. The van der Waals surface area contributed by atoms with Gasteiger partial charge in [-0.2, -0.15) is 5.10 Å². The Balaban J connectivity index is 2.76. The molecule has 0 aliphatic heterocycles. The van der Waals surface area contributed by atoms with Gasteiger partial charge >= 0.3 is 0 Å². The van der Waals surface area contributed by atoms with Crippen LogP contribution in [0, 0.1) is 0 Å². The van der Waals surface area contributed by atoms with Crippen molar-refractivity contribution in [3.8, 4) is 0 Å². The maximum Gasteiger partial charge on any atom is 0.199 e. The highest BCUT2D eigenvalue weighted by atomic mass is 35.5. The fraction of sp³-hybridized carbons (Fsp3) is 0.556. The first-order chi connectivity index (χ1) is 7.07. The SMILES string of the molecule is COCCC(N)C(=O)c1c(Cl)cnn1C. The number of rotatable bonds is 5. The van der Waals surface area contributed by atoms with Crippen LogP contribution >= 0.6 is 11.6 Å². The molecule has 0 aliphatic carbocycles. The molecule has 6 heteroatoms. The highest BCUT2D eigenvalue weighted by molar-refractivity contribution is 6.33. The number of hydrogen-bond acceptors (Lipinski definition) is 4. The number of carbonyl (C=O) groups is 1. The Hall–Kier alpha value is -0.910. The van der Waals surface area contributed by atoms with Gasteiger partial charge in [-0.05, 0) is 6.42 Å². The summed E-state index contributed by atoms with van der Waals surface area (Å²) in [4.78, 5) is 11.8. The number of carbonyl (C=O) groups excluding carboxylic acids is 1. The van der Waals surface area contributed by atoms with Crippen LogP contribution in [0.3, 0.4) is 0 Å². The predicted octanol–water partition coefficient (Wildman–Crippen LogP) is 0.620. The lowest BCUT2D eigenvalue weighted by atomic mass is 10.1. The maximum atomic E-state index is 11.8. The van der Waals surface area contributed by atoms with Crippen LogP contribution in [-0.2, 0) is 11.8 Å². The van der Waals surface area contributed by atoms with E-state index in [-0.39, 0.29) is 5.78 Å². The molecule has 2 N–H and O–H groups in total. The van der Waals surface area contributed by atoms with Gasteiger partial charge in [-0.25, -0.2) is 0 Å². The maximum absolute atomic E-state index is 11.8. The number of nitrogens with zero attached hydrogens (tertiary/aromatic N) is 2. The second-order valence-electron chi connectivity index (χ2n) is 3.22. The topological polar surface area (TPSA) is 70.1 Å². The first-order valence-electron chi connectivity index (χ1n) is 4.54. The van der Waals surface area contributed by atoms with Crippen LogP contribution in [0.5, 0.6) is 0 Å². The third-order valence-corrected chi connectivity index (χ3v) is 2.37. The predicted molar refractivity (Wildman–Crippen MR) is 57.0 cm³/mol. The molecule has 84 valence electrons. The summed E-state index contributed by atoms with van der Waals surface area (Å²) in [6, 6.07) is -0.599. The summed E-state index contributed by atoms with van der Waals surface area (Å²) >= 11 is 5.83. The molecule has 0 aromatic carbocycles. The first-order valence-corrected chi connectivity index (χ1v) is 4.92. The van der Waals surface area contributed by atoms with Crippen LogP contribution in [0.15, 0.2) is 6.20 Å². The highest BCUT2D eigenvalue weighted by Crippen LogP contribution is 2.16. The molecule has 0 amide bonds. The van der Waals surface area contributed by atoms with E-state index in [4.69, 9.17) is 22.1 Å². The normalized spacial score (nSPS) is 12.8. The van der Waals surface area contributed by atoms with Gasteiger partial charge in [0.05, 0.1) is 17.3 Å². The number of aryl methyl sites for hydroxylation is 1. The first kappa shape index (κ1) is 12.2. The molecule has 1 aromatic rings. The third-order valence-electron chi connectivity index (χ3n) is 2.10. The smallest absolute Gasteiger partial charge is 0.199 e. The Morgan fingerprint density at radius 2 is 2.47 bits per heavy atom. The average molecular weight is 232 g/mol. The van der Waals surface area contributed by atoms with Gasteiger partial charge in [0.15, 0.2) is 5.78 Å². The lowest BCUT2D eigenvalue weighted by Crippen LogP contribution is -2.33. The highest BCUT2D eigenvalue weighted by Gasteiger charge is 2.21. The van der Waals surface area contributed by atoms with E-state index in [2.05, 4.69) is 5.10 Å². The van der Waals surface area contributed by atoms with Gasteiger partial charge in [0, 0.05) is 20.8 Å². The average Bonchev–Trinajstić information content (AvgIpc) is 2.54. The summed E-state index contributed by atoms with van der Waals surface area (Å²) < 4.78 is 6.28. The quantitative estimate of drug-likeness (QED) is 0.755. The van der Waals surface area contributed by atoms with E-state index in [9.17, 15) is 4.79 Å². The molecule has 0 saturated heterocycles. The summed E-state index contributed by atoms with van der Waals surface area (Å²) in [5.74, 6) is -0.211. The summed E-state index contributed by atoms with van der Waals surface area (Å²) in [5, 5.41) is 4.21. The van der Waals surface area contributed by atoms with Crippen LogP contribution in [0.1, 0.15) is 16.9 Å². The van der Waals surface area contributed by atoms with Crippen molar-refractivity contribution in [2.75, 3.05) is 13.7 Å². The van der Waals surface area contributed by atoms with E-state index in [1.165, 1.54) is 10.9 Å². The molecule has 1 heterocycles. The Kier molecular flexibility index (Phi) is 4.26. The molecule has 1 unspecified atom stereocenters. The molecule has 0 bridgehead atoms. The molecular weight excluding hydrogens is 218 g/mol. The fourth-order valence-electron chi connectivity index (χ4n) is 1.24. The Labute approximate surface area is 93.1 Å². The number of halogens is 1. The summed E-state index contributed by atoms with van der Waals surface area (Å²) in [6.45, 7) is 0.447. The largest absolute Gasteiger partial charge is 0.385 e.